The van der Waals surface area contributed by atoms with Gasteiger partial charge in [0.25, 0.3) is 0 Å². The smallest absolute Gasteiger partial charge is 0.312 e. The minimum atomic E-state index is -0.949. The molecule has 7 heteroatoms. The molecule has 16 heavy (non-hydrogen) atoms. The molecule has 1 rings (SSSR count). The lowest BCUT2D eigenvalue weighted by atomic mass is 10.2. The summed E-state index contributed by atoms with van der Waals surface area (Å²) in [4.78, 5) is 20.9. The number of aliphatic carboxylic acids is 1. The molecule has 0 fully saturated rings. The second kappa shape index (κ2) is 4.30. The van der Waals surface area contributed by atoms with E-state index in [0.717, 1.165) is 0 Å². The topological polar surface area (TPSA) is 98.3 Å². The van der Waals surface area contributed by atoms with Crippen LogP contribution in [0.5, 0.6) is 0 Å². The van der Waals surface area contributed by atoms with Crippen LogP contribution in [0.4, 0.5) is 5.69 Å². The van der Waals surface area contributed by atoms with Crippen molar-refractivity contribution in [2.24, 2.45) is 5.92 Å². The first-order valence-electron chi connectivity index (χ1n) is 4.75. The molecule has 0 unspecified atom stereocenters. The van der Waals surface area contributed by atoms with Gasteiger partial charge in [-0.2, -0.15) is 5.10 Å². The molecule has 0 aliphatic carbocycles. The van der Waals surface area contributed by atoms with Gasteiger partial charge in [-0.25, -0.2) is 0 Å². The summed E-state index contributed by atoms with van der Waals surface area (Å²) < 4.78 is 1.37. The van der Waals surface area contributed by atoms with Gasteiger partial charge in [0.15, 0.2) is 0 Å². The number of carbonyl (C=O) groups is 1. The number of hydrogen-bond donors (Lipinski definition) is 1. The van der Waals surface area contributed by atoms with Crippen LogP contribution >= 0.6 is 0 Å². The van der Waals surface area contributed by atoms with Crippen LogP contribution in [0.15, 0.2) is 0 Å². The molecule has 0 bridgehead atoms. The van der Waals surface area contributed by atoms with E-state index in [9.17, 15) is 14.9 Å². The van der Waals surface area contributed by atoms with Crippen LogP contribution < -0.4 is 0 Å². The molecule has 1 aromatic rings. The predicted molar refractivity (Wildman–Crippen MR) is 55.2 cm³/mol. The molecule has 0 spiro atoms. The van der Waals surface area contributed by atoms with Crippen molar-refractivity contribution in [3.8, 4) is 0 Å². The number of aromatic nitrogens is 2. The van der Waals surface area contributed by atoms with Gasteiger partial charge in [-0.05, 0) is 13.8 Å². The number of nitro groups is 1. The van der Waals surface area contributed by atoms with Crippen molar-refractivity contribution < 1.29 is 14.8 Å². The van der Waals surface area contributed by atoms with E-state index < -0.39 is 16.8 Å². The van der Waals surface area contributed by atoms with Crippen LogP contribution in [0.25, 0.3) is 0 Å². The van der Waals surface area contributed by atoms with Crippen LogP contribution in [-0.2, 0) is 11.3 Å². The van der Waals surface area contributed by atoms with E-state index in [-0.39, 0.29) is 12.2 Å². The number of rotatable bonds is 4. The van der Waals surface area contributed by atoms with Gasteiger partial charge in [0.05, 0.1) is 17.4 Å². The van der Waals surface area contributed by atoms with Crippen molar-refractivity contribution in [3.05, 3.63) is 21.5 Å². The summed E-state index contributed by atoms with van der Waals surface area (Å²) in [7, 11) is 0. The van der Waals surface area contributed by atoms with Crippen LogP contribution in [0.3, 0.4) is 0 Å². The monoisotopic (exact) mass is 227 g/mol. The lowest BCUT2D eigenvalue weighted by Gasteiger charge is -2.07. The van der Waals surface area contributed by atoms with Crippen LogP contribution in [0.1, 0.15) is 18.3 Å². The predicted octanol–water partition coefficient (Wildman–Crippen LogP) is 1.13. The van der Waals surface area contributed by atoms with Gasteiger partial charge in [-0.3, -0.25) is 19.6 Å². The van der Waals surface area contributed by atoms with E-state index in [1.165, 1.54) is 18.5 Å². The fraction of sp³-hybridized carbons (Fsp3) is 0.556. The molecule has 0 amide bonds. The van der Waals surface area contributed by atoms with E-state index in [4.69, 9.17) is 5.11 Å². The average molecular weight is 227 g/mol. The Morgan fingerprint density at radius 2 is 2.19 bits per heavy atom. The zero-order valence-electron chi connectivity index (χ0n) is 9.30. The Labute approximate surface area is 91.8 Å². The number of aryl methyl sites for hydroxylation is 1. The summed E-state index contributed by atoms with van der Waals surface area (Å²) in [5.74, 6) is -1.58. The lowest BCUT2D eigenvalue weighted by molar-refractivity contribution is -0.386. The van der Waals surface area contributed by atoms with Crippen molar-refractivity contribution in [1.29, 1.82) is 0 Å². The highest BCUT2D eigenvalue weighted by Crippen LogP contribution is 2.22. The molecular weight excluding hydrogens is 214 g/mol. The Morgan fingerprint density at radius 1 is 1.62 bits per heavy atom. The van der Waals surface area contributed by atoms with Crippen LogP contribution in [0, 0.1) is 29.9 Å². The van der Waals surface area contributed by atoms with Crippen molar-refractivity contribution in [1.82, 2.24) is 9.78 Å². The Balaban J connectivity index is 3.04. The molecule has 0 saturated carbocycles. The third-order valence-corrected chi connectivity index (χ3v) is 2.39. The Morgan fingerprint density at radius 3 is 2.56 bits per heavy atom. The molecule has 1 atom stereocenters. The number of hydrogen-bond acceptors (Lipinski definition) is 4. The zero-order valence-corrected chi connectivity index (χ0v) is 9.30. The van der Waals surface area contributed by atoms with Crippen molar-refractivity contribution >= 4 is 11.7 Å². The first kappa shape index (κ1) is 12.2. The molecule has 0 saturated heterocycles. The fourth-order valence-electron chi connectivity index (χ4n) is 1.47. The third-order valence-electron chi connectivity index (χ3n) is 2.39. The molecule has 0 aliphatic rings. The van der Waals surface area contributed by atoms with Gasteiger partial charge in [0.1, 0.15) is 11.4 Å². The highest BCUT2D eigenvalue weighted by Gasteiger charge is 2.23. The largest absolute Gasteiger partial charge is 0.481 e. The van der Waals surface area contributed by atoms with Crippen molar-refractivity contribution in [2.45, 2.75) is 27.3 Å². The SMILES string of the molecule is Cc1nn(C[C@@H](C)C(=O)O)c(C)c1[N+](=O)[O-]. The lowest BCUT2D eigenvalue weighted by Crippen LogP contribution is -2.18. The third kappa shape index (κ3) is 2.18. The van der Waals surface area contributed by atoms with Crippen LogP contribution in [-0.4, -0.2) is 25.8 Å². The Hall–Kier alpha value is -1.92. The fourth-order valence-corrected chi connectivity index (χ4v) is 1.47. The van der Waals surface area contributed by atoms with E-state index in [1.807, 2.05) is 0 Å². The van der Waals surface area contributed by atoms with E-state index in [0.29, 0.717) is 11.4 Å². The van der Waals surface area contributed by atoms with Gasteiger partial charge < -0.3 is 5.11 Å². The molecule has 7 nitrogen and oxygen atoms in total. The van der Waals surface area contributed by atoms with Crippen LogP contribution in [0.2, 0.25) is 0 Å². The molecule has 1 aromatic heterocycles. The second-order valence-corrected chi connectivity index (χ2v) is 3.70. The maximum atomic E-state index is 10.7. The van der Waals surface area contributed by atoms with Crippen molar-refractivity contribution in [2.75, 3.05) is 0 Å². The number of carboxylic acid groups (broad SMARTS) is 1. The second-order valence-electron chi connectivity index (χ2n) is 3.70. The molecule has 88 valence electrons. The van der Waals surface area contributed by atoms with Crippen molar-refractivity contribution in [3.63, 3.8) is 0 Å². The molecular formula is C9H13N3O4. The molecule has 1 heterocycles. The number of nitrogens with zero attached hydrogens (tertiary/aromatic N) is 3. The highest BCUT2D eigenvalue weighted by atomic mass is 16.6. The summed E-state index contributed by atoms with van der Waals surface area (Å²) in [6.07, 6.45) is 0. The number of carboxylic acids is 1. The highest BCUT2D eigenvalue weighted by molar-refractivity contribution is 5.69. The maximum Gasteiger partial charge on any atom is 0.312 e. The molecule has 0 radical (unpaired) electrons. The van der Waals surface area contributed by atoms with Gasteiger partial charge in [0.2, 0.25) is 0 Å². The zero-order chi connectivity index (χ0) is 12.5. The Kier molecular flexibility index (Phi) is 3.26. The van der Waals surface area contributed by atoms with E-state index in [2.05, 4.69) is 5.10 Å². The molecule has 0 aliphatic heterocycles. The van der Waals surface area contributed by atoms with Gasteiger partial charge in [-0.1, -0.05) is 6.92 Å². The average Bonchev–Trinajstić information content (AvgIpc) is 2.41. The van der Waals surface area contributed by atoms with E-state index >= 15 is 0 Å². The Bertz CT molecular complexity index is 438. The van der Waals surface area contributed by atoms with Gasteiger partial charge in [-0.15, -0.1) is 0 Å². The van der Waals surface area contributed by atoms with Gasteiger partial charge in [0, 0.05) is 0 Å². The minimum Gasteiger partial charge on any atom is -0.481 e. The standard InChI is InChI=1S/C9H13N3O4/c1-5(9(13)14)4-11-7(3)8(12(15)16)6(2)10-11/h5H,4H2,1-3H3,(H,13,14)/t5-/m1/s1. The maximum absolute atomic E-state index is 10.7. The minimum absolute atomic E-state index is 0.0439. The summed E-state index contributed by atoms with van der Waals surface area (Å²) in [6, 6.07) is 0. The summed E-state index contributed by atoms with van der Waals surface area (Å²) >= 11 is 0. The first-order chi connectivity index (χ1) is 7.34. The van der Waals surface area contributed by atoms with Gasteiger partial charge >= 0.3 is 11.7 Å². The quantitative estimate of drug-likeness (QED) is 0.614. The van der Waals surface area contributed by atoms with E-state index in [1.54, 1.807) is 6.92 Å². The summed E-state index contributed by atoms with van der Waals surface area (Å²) in [6.45, 7) is 4.76. The molecule has 1 N–H and O–H groups in total. The summed E-state index contributed by atoms with van der Waals surface area (Å²) in [5.41, 5.74) is 0.647. The normalized spacial score (nSPS) is 12.4. The molecule has 0 aromatic carbocycles. The summed E-state index contributed by atoms with van der Waals surface area (Å²) in [5, 5.41) is 23.4. The first-order valence-corrected chi connectivity index (χ1v) is 4.75.